The van der Waals surface area contributed by atoms with E-state index in [2.05, 4.69) is 32.6 Å². The van der Waals surface area contributed by atoms with E-state index in [1.165, 1.54) is 0 Å². The molecule has 0 heterocycles. The summed E-state index contributed by atoms with van der Waals surface area (Å²) in [6.07, 6.45) is 6.74. The van der Waals surface area contributed by atoms with Crippen molar-refractivity contribution in [3.05, 3.63) is 70.8 Å². The molecule has 0 aliphatic carbocycles. The molecule has 0 spiro atoms. The van der Waals surface area contributed by atoms with E-state index in [0.29, 0.717) is 22.4 Å². The molecule has 0 aliphatic heterocycles. The third-order valence-electron chi connectivity index (χ3n) is 6.30. The molecule has 35 heavy (non-hydrogen) atoms. The van der Waals surface area contributed by atoms with Gasteiger partial charge < -0.3 is 15.4 Å². The Balaban J connectivity index is 2.16. The summed E-state index contributed by atoms with van der Waals surface area (Å²) in [7, 11) is 0. The standard InChI is InChI=1S/C29H39N3O3/c1-6-10-25(9-4)32(24(7-2)8-3)28(33)20(5)19-21-11-13-23(14-12-21)29(34)35-26-17-15-22(16-18-26)27(30)31/h11-19,24-25H,6-10H2,1-5H3,(H3,30,31)/b20-19+. The van der Waals surface area contributed by atoms with Crippen LogP contribution in [0.25, 0.3) is 6.08 Å². The lowest BCUT2D eigenvalue weighted by atomic mass is 9.99. The molecule has 0 saturated heterocycles. The summed E-state index contributed by atoms with van der Waals surface area (Å²) in [6, 6.07) is 14.0. The van der Waals surface area contributed by atoms with Crippen molar-refractivity contribution in [2.75, 3.05) is 0 Å². The molecule has 1 unspecified atom stereocenters. The van der Waals surface area contributed by atoms with Gasteiger partial charge in [0.15, 0.2) is 0 Å². The van der Waals surface area contributed by atoms with Gasteiger partial charge in [-0.1, -0.05) is 46.2 Å². The quantitative estimate of drug-likeness (QED) is 0.125. The zero-order valence-corrected chi connectivity index (χ0v) is 21.6. The molecule has 0 saturated carbocycles. The van der Waals surface area contributed by atoms with Gasteiger partial charge in [-0.2, -0.15) is 0 Å². The van der Waals surface area contributed by atoms with Crippen molar-refractivity contribution >= 4 is 23.8 Å². The van der Waals surface area contributed by atoms with Crippen LogP contribution in [0.4, 0.5) is 0 Å². The summed E-state index contributed by atoms with van der Waals surface area (Å²) < 4.78 is 5.41. The molecule has 6 heteroatoms. The summed E-state index contributed by atoms with van der Waals surface area (Å²) in [5.74, 6) is -0.0611. The lowest BCUT2D eigenvalue weighted by molar-refractivity contribution is -0.132. The number of rotatable bonds is 12. The SMILES string of the molecule is CCCC(CC)N(C(=O)/C(C)=C/c1ccc(C(=O)Oc2ccc(C(=N)N)cc2)cc1)C(CC)CC. The summed E-state index contributed by atoms with van der Waals surface area (Å²) in [5, 5.41) is 7.43. The van der Waals surface area contributed by atoms with Crippen LogP contribution in [0.1, 0.15) is 88.2 Å². The minimum Gasteiger partial charge on any atom is -0.423 e. The fourth-order valence-electron chi connectivity index (χ4n) is 4.28. The molecule has 0 fully saturated rings. The number of ether oxygens (including phenoxy) is 1. The smallest absolute Gasteiger partial charge is 0.343 e. The molecule has 1 atom stereocenters. The first-order chi connectivity index (χ1) is 16.7. The first kappa shape index (κ1) is 27.8. The van der Waals surface area contributed by atoms with Crippen LogP contribution in [0.2, 0.25) is 0 Å². The van der Waals surface area contributed by atoms with Gasteiger partial charge in [0.25, 0.3) is 0 Å². The zero-order chi connectivity index (χ0) is 26.0. The number of nitrogens with one attached hydrogen (secondary N) is 1. The molecule has 188 valence electrons. The topological polar surface area (TPSA) is 96.5 Å². The highest BCUT2D eigenvalue weighted by molar-refractivity contribution is 5.98. The van der Waals surface area contributed by atoms with Crippen molar-refractivity contribution in [2.45, 2.75) is 78.8 Å². The molecular formula is C29H39N3O3. The number of amidine groups is 1. The van der Waals surface area contributed by atoms with Crippen LogP contribution in [-0.2, 0) is 4.79 Å². The summed E-state index contributed by atoms with van der Waals surface area (Å²) in [6.45, 7) is 10.5. The Morgan fingerprint density at radius 1 is 0.914 bits per heavy atom. The maximum Gasteiger partial charge on any atom is 0.343 e. The maximum absolute atomic E-state index is 13.5. The van der Waals surface area contributed by atoms with E-state index >= 15 is 0 Å². The monoisotopic (exact) mass is 477 g/mol. The Morgan fingerprint density at radius 3 is 1.94 bits per heavy atom. The molecule has 2 aromatic rings. The fraction of sp³-hybridized carbons (Fsp3) is 0.414. The van der Waals surface area contributed by atoms with Crippen molar-refractivity contribution in [2.24, 2.45) is 5.73 Å². The van der Waals surface area contributed by atoms with Crippen LogP contribution in [-0.4, -0.2) is 34.7 Å². The van der Waals surface area contributed by atoms with Gasteiger partial charge in [-0.15, -0.1) is 0 Å². The summed E-state index contributed by atoms with van der Waals surface area (Å²) >= 11 is 0. The van der Waals surface area contributed by atoms with E-state index < -0.39 is 5.97 Å². The first-order valence-electron chi connectivity index (χ1n) is 12.5. The minimum atomic E-state index is -0.478. The van der Waals surface area contributed by atoms with Crippen LogP contribution >= 0.6 is 0 Å². The number of nitrogens with zero attached hydrogens (tertiary/aromatic N) is 1. The third kappa shape index (κ3) is 7.54. The number of carbonyl (C=O) groups is 2. The molecule has 0 bridgehead atoms. The van der Waals surface area contributed by atoms with Gasteiger partial charge in [0.1, 0.15) is 11.6 Å². The number of carbonyl (C=O) groups excluding carboxylic acids is 2. The van der Waals surface area contributed by atoms with Crippen molar-refractivity contribution < 1.29 is 14.3 Å². The normalized spacial score (nSPS) is 12.3. The van der Waals surface area contributed by atoms with Crippen molar-refractivity contribution in [3.63, 3.8) is 0 Å². The van der Waals surface area contributed by atoms with Gasteiger partial charge in [0.2, 0.25) is 5.91 Å². The van der Waals surface area contributed by atoms with Gasteiger partial charge in [-0.25, -0.2) is 4.79 Å². The number of hydrogen-bond acceptors (Lipinski definition) is 4. The average molecular weight is 478 g/mol. The second-order valence-corrected chi connectivity index (χ2v) is 8.81. The molecule has 2 aromatic carbocycles. The largest absolute Gasteiger partial charge is 0.423 e. The Morgan fingerprint density at radius 2 is 1.46 bits per heavy atom. The highest BCUT2D eigenvalue weighted by Crippen LogP contribution is 2.23. The number of benzene rings is 2. The van der Waals surface area contributed by atoms with Gasteiger partial charge >= 0.3 is 5.97 Å². The van der Waals surface area contributed by atoms with Gasteiger partial charge in [-0.3, -0.25) is 10.2 Å². The van der Waals surface area contributed by atoms with E-state index in [9.17, 15) is 9.59 Å². The number of hydrogen-bond donors (Lipinski definition) is 2. The highest BCUT2D eigenvalue weighted by Gasteiger charge is 2.28. The van der Waals surface area contributed by atoms with Crippen molar-refractivity contribution in [1.29, 1.82) is 5.41 Å². The Bertz CT molecular complexity index is 1020. The molecule has 6 nitrogen and oxygen atoms in total. The van der Waals surface area contributed by atoms with E-state index in [-0.39, 0.29) is 23.8 Å². The lowest BCUT2D eigenvalue weighted by Gasteiger charge is -2.38. The van der Waals surface area contributed by atoms with Gasteiger partial charge in [0, 0.05) is 23.2 Å². The van der Waals surface area contributed by atoms with E-state index in [1.54, 1.807) is 36.4 Å². The molecule has 2 rings (SSSR count). The van der Waals surface area contributed by atoms with E-state index in [0.717, 1.165) is 37.7 Å². The van der Waals surface area contributed by atoms with Crippen molar-refractivity contribution in [1.82, 2.24) is 4.90 Å². The van der Waals surface area contributed by atoms with Gasteiger partial charge in [0.05, 0.1) is 5.56 Å². The Kier molecular flexibility index (Phi) is 10.7. The van der Waals surface area contributed by atoms with Crippen molar-refractivity contribution in [3.8, 4) is 5.75 Å². The fourth-order valence-corrected chi connectivity index (χ4v) is 4.28. The number of nitrogen functional groups attached to an aromatic ring is 1. The number of nitrogens with two attached hydrogens (primary N) is 1. The number of esters is 1. The molecule has 3 N–H and O–H groups in total. The van der Waals surface area contributed by atoms with Crippen LogP contribution in [0.5, 0.6) is 5.75 Å². The van der Waals surface area contributed by atoms with Crippen LogP contribution in [0.3, 0.4) is 0 Å². The molecule has 0 aliphatic rings. The second-order valence-electron chi connectivity index (χ2n) is 8.81. The van der Waals surface area contributed by atoms with E-state index in [1.807, 2.05) is 25.1 Å². The second kappa shape index (κ2) is 13.5. The summed E-state index contributed by atoms with van der Waals surface area (Å²) in [5.41, 5.74) is 7.97. The van der Waals surface area contributed by atoms with E-state index in [4.69, 9.17) is 15.9 Å². The Hall–Kier alpha value is -3.41. The Labute approximate surface area is 209 Å². The lowest BCUT2D eigenvalue weighted by Crippen LogP contribution is -2.47. The van der Waals surface area contributed by atoms with Crippen LogP contribution in [0, 0.1) is 5.41 Å². The zero-order valence-electron chi connectivity index (χ0n) is 21.6. The highest BCUT2D eigenvalue weighted by atomic mass is 16.5. The molecule has 0 aromatic heterocycles. The first-order valence-corrected chi connectivity index (χ1v) is 12.5. The third-order valence-corrected chi connectivity index (χ3v) is 6.30. The van der Waals surface area contributed by atoms with Crippen LogP contribution < -0.4 is 10.5 Å². The predicted octanol–water partition coefficient (Wildman–Crippen LogP) is 6.19. The predicted molar refractivity (Wildman–Crippen MR) is 143 cm³/mol. The maximum atomic E-state index is 13.5. The molecule has 0 radical (unpaired) electrons. The van der Waals surface area contributed by atoms with Gasteiger partial charge in [-0.05, 0) is 80.6 Å². The summed E-state index contributed by atoms with van der Waals surface area (Å²) in [4.78, 5) is 28.1. The average Bonchev–Trinajstić information content (AvgIpc) is 2.86. The van der Waals surface area contributed by atoms with Crippen LogP contribution in [0.15, 0.2) is 54.1 Å². The number of amides is 1. The molecule has 1 amide bonds. The molecular weight excluding hydrogens is 438 g/mol. The minimum absolute atomic E-state index is 0.0427.